The van der Waals surface area contributed by atoms with Gasteiger partial charge in [-0.3, -0.25) is 4.79 Å². The zero-order valence-electron chi connectivity index (χ0n) is 10.4. The summed E-state index contributed by atoms with van der Waals surface area (Å²) in [6.07, 6.45) is 0.532. The Kier molecular flexibility index (Phi) is 3.04. The third-order valence-electron chi connectivity index (χ3n) is 3.11. The molecule has 0 N–H and O–H groups in total. The van der Waals surface area contributed by atoms with E-state index in [4.69, 9.17) is 0 Å². The third kappa shape index (κ3) is 2.02. The van der Waals surface area contributed by atoms with E-state index in [-0.39, 0.29) is 5.78 Å². The van der Waals surface area contributed by atoms with Crippen molar-refractivity contribution in [3.8, 4) is 0 Å². The Morgan fingerprint density at radius 2 is 2.00 bits per heavy atom. The largest absolute Gasteiger partial charge is 0.294 e. The van der Waals surface area contributed by atoms with Crippen LogP contribution in [0, 0.1) is 0 Å². The number of rotatable bonds is 1. The van der Waals surface area contributed by atoms with Gasteiger partial charge in [0.15, 0.2) is 5.78 Å². The van der Waals surface area contributed by atoms with Crippen LogP contribution in [0.2, 0.25) is 0 Å². The molecule has 18 heavy (non-hydrogen) atoms. The minimum Gasteiger partial charge on any atom is -0.294 e. The maximum absolute atomic E-state index is 12.3. The van der Waals surface area contributed by atoms with Gasteiger partial charge < -0.3 is 0 Å². The highest BCUT2D eigenvalue weighted by Crippen LogP contribution is 2.43. The predicted molar refractivity (Wildman–Crippen MR) is 77.0 cm³/mol. The van der Waals surface area contributed by atoms with Crippen LogP contribution in [-0.4, -0.2) is 5.78 Å². The maximum Gasteiger partial charge on any atom is 0.169 e. The Morgan fingerprint density at radius 3 is 2.78 bits per heavy atom. The Bertz CT molecular complexity index is 611. The van der Waals surface area contributed by atoms with E-state index in [1.165, 1.54) is 9.77 Å². The molecule has 2 aromatic rings. The third-order valence-corrected chi connectivity index (χ3v) is 5.87. The molecule has 1 aliphatic heterocycles. The molecule has 1 aliphatic rings. The molecule has 0 amide bonds. The number of carbonyl (C=O) groups excluding carboxylic acids is 1. The van der Waals surface area contributed by atoms with E-state index >= 15 is 0 Å². The number of thiophene rings is 1. The van der Waals surface area contributed by atoms with Gasteiger partial charge >= 0.3 is 0 Å². The van der Waals surface area contributed by atoms with Crippen molar-refractivity contribution in [1.29, 1.82) is 0 Å². The molecule has 0 fully saturated rings. The average molecular weight is 274 g/mol. The van der Waals surface area contributed by atoms with E-state index in [9.17, 15) is 4.79 Å². The summed E-state index contributed by atoms with van der Waals surface area (Å²) in [5, 5.41) is 0. The first kappa shape index (κ1) is 12.0. The molecule has 0 saturated carbocycles. The minimum atomic E-state index is 0.255. The summed E-state index contributed by atoms with van der Waals surface area (Å²) in [5.41, 5.74) is 2.08. The highest BCUT2D eigenvalue weighted by atomic mass is 32.2. The van der Waals surface area contributed by atoms with Crippen molar-refractivity contribution in [2.45, 2.75) is 35.3 Å². The Morgan fingerprint density at radius 1 is 1.22 bits per heavy atom. The quantitative estimate of drug-likeness (QED) is 0.745. The number of Topliss-reactive ketones (excluding diaryl/α,β-unsaturated/α-hetero) is 1. The molecule has 0 bridgehead atoms. The van der Waals surface area contributed by atoms with E-state index < -0.39 is 0 Å². The van der Waals surface area contributed by atoms with E-state index in [2.05, 4.69) is 32.0 Å². The molecule has 0 aliphatic carbocycles. The number of benzene rings is 1. The average Bonchev–Trinajstić information content (AvgIpc) is 2.71. The Labute approximate surface area is 115 Å². The SMILES string of the molecule is CC(C)c1cc2c(s1)Sc1ccccc1CC2=O. The molecule has 1 nitrogen and oxygen atoms in total. The molecule has 3 rings (SSSR count). The number of fused-ring (bicyclic) bond motifs is 2. The van der Waals surface area contributed by atoms with Crippen LogP contribution < -0.4 is 0 Å². The summed E-state index contributed by atoms with van der Waals surface area (Å²) in [7, 11) is 0. The van der Waals surface area contributed by atoms with Gasteiger partial charge in [0.25, 0.3) is 0 Å². The van der Waals surface area contributed by atoms with Gasteiger partial charge in [0.2, 0.25) is 0 Å². The molecule has 0 atom stereocenters. The zero-order valence-corrected chi connectivity index (χ0v) is 12.0. The lowest BCUT2D eigenvalue weighted by atomic mass is 10.0. The van der Waals surface area contributed by atoms with Gasteiger partial charge in [-0.1, -0.05) is 43.8 Å². The van der Waals surface area contributed by atoms with Crippen molar-refractivity contribution < 1.29 is 4.79 Å². The normalized spacial score (nSPS) is 14.3. The number of ketones is 1. The first-order valence-corrected chi connectivity index (χ1v) is 7.71. The van der Waals surface area contributed by atoms with Crippen LogP contribution in [-0.2, 0) is 6.42 Å². The molecule has 0 radical (unpaired) electrons. The summed E-state index contributed by atoms with van der Waals surface area (Å²) >= 11 is 3.51. The summed E-state index contributed by atoms with van der Waals surface area (Å²) < 4.78 is 1.16. The summed E-state index contributed by atoms with van der Waals surface area (Å²) in [5.74, 6) is 0.746. The lowest BCUT2D eigenvalue weighted by Gasteiger charge is -2.03. The highest BCUT2D eigenvalue weighted by molar-refractivity contribution is 8.01. The van der Waals surface area contributed by atoms with Crippen molar-refractivity contribution in [2.75, 3.05) is 0 Å². The number of hydrogen-bond acceptors (Lipinski definition) is 3. The molecule has 2 heterocycles. The first-order chi connectivity index (χ1) is 8.65. The highest BCUT2D eigenvalue weighted by Gasteiger charge is 2.23. The summed E-state index contributed by atoms with van der Waals surface area (Å²) in [6.45, 7) is 4.35. The first-order valence-electron chi connectivity index (χ1n) is 6.08. The monoisotopic (exact) mass is 274 g/mol. The van der Waals surface area contributed by atoms with Crippen LogP contribution in [0.5, 0.6) is 0 Å². The molecule has 3 heteroatoms. The second kappa shape index (κ2) is 4.56. The maximum atomic E-state index is 12.3. The van der Waals surface area contributed by atoms with Crippen molar-refractivity contribution in [2.24, 2.45) is 0 Å². The zero-order chi connectivity index (χ0) is 12.7. The van der Waals surface area contributed by atoms with E-state index in [1.807, 2.05) is 12.1 Å². The minimum absolute atomic E-state index is 0.255. The van der Waals surface area contributed by atoms with Gasteiger partial charge in [0.05, 0.1) is 4.21 Å². The fourth-order valence-electron chi connectivity index (χ4n) is 2.06. The van der Waals surface area contributed by atoms with Crippen molar-refractivity contribution >= 4 is 28.9 Å². The van der Waals surface area contributed by atoms with Crippen LogP contribution in [0.25, 0.3) is 0 Å². The predicted octanol–water partition coefficient (Wildman–Crippen LogP) is 4.76. The molecular weight excluding hydrogens is 260 g/mol. The van der Waals surface area contributed by atoms with Crippen LogP contribution >= 0.6 is 23.1 Å². The lowest BCUT2D eigenvalue weighted by molar-refractivity contribution is 0.0991. The fraction of sp³-hybridized carbons (Fsp3) is 0.267. The number of hydrogen-bond donors (Lipinski definition) is 0. The van der Waals surface area contributed by atoms with Gasteiger partial charge in [0.1, 0.15) is 0 Å². The van der Waals surface area contributed by atoms with Crippen LogP contribution in [0.4, 0.5) is 0 Å². The van der Waals surface area contributed by atoms with Crippen LogP contribution in [0.3, 0.4) is 0 Å². The molecule has 0 spiro atoms. The Hall–Kier alpha value is -1.06. The van der Waals surface area contributed by atoms with Gasteiger partial charge in [-0.05, 0) is 23.6 Å². The molecule has 92 valence electrons. The van der Waals surface area contributed by atoms with Gasteiger partial charge in [0, 0.05) is 21.8 Å². The molecule has 0 unspecified atom stereocenters. The lowest BCUT2D eigenvalue weighted by Crippen LogP contribution is -2.01. The molecule has 1 aromatic heterocycles. The smallest absolute Gasteiger partial charge is 0.169 e. The van der Waals surface area contributed by atoms with Crippen molar-refractivity contribution in [1.82, 2.24) is 0 Å². The molecule has 1 aromatic carbocycles. The second-order valence-corrected chi connectivity index (χ2v) is 7.21. The Balaban J connectivity index is 2.10. The van der Waals surface area contributed by atoms with Crippen LogP contribution in [0.1, 0.15) is 40.6 Å². The van der Waals surface area contributed by atoms with E-state index in [1.54, 1.807) is 23.1 Å². The molecule has 0 saturated heterocycles. The summed E-state index contributed by atoms with van der Waals surface area (Å²) in [6, 6.07) is 10.3. The number of carbonyl (C=O) groups is 1. The van der Waals surface area contributed by atoms with Gasteiger partial charge in [-0.15, -0.1) is 11.3 Å². The fourth-order valence-corrected chi connectivity index (χ4v) is 4.60. The second-order valence-electron chi connectivity index (χ2n) is 4.81. The van der Waals surface area contributed by atoms with Crippen molar-refractivity contribution in [3.05, 3.63) is 46.3 Å². The van der Waals surface area contributed by atoms with Gasteiger partial charge in [-0.25, -0.2) is 0 Å². The topological polar surface area (TPSA) is 17.1 Å². The van der Waals surface area contributed by atoms with E-state index in [0.717, 1.165) is 15.3 Å². The van der Waals surface area contributed by atoms with E-state index in [0.29, 0.717) is 12.3 Å². The van der Waals surface area contributed by atoms with Crippen LogP contribution in [0.15, 0.2) is 39.4 Å². The summed E-state index contributed by atoms with van der Waals surface area (Å²) in [4.78, 5) is 14.8. The van der Waals surface area contributed by atoms with Gasteiger partial charge in [-0.2, -0.15) is 0 Å². The standard InChI is InChI=1S/C15H14OS2/c1-9(2)14-8-11-12(16)7-10-5-3-4-6-13(10)17-15(11)18-14/h3-6,8-9H,7H2,1-2H3. The van der Waals surface area contributed by atoms with Crippen molar-refractivity contribution in [3.63, 3.8) is 0 Å². The molecular formula is C15H14OS2.